The molecule has 0 fully saturated rings. The van der Waals surface area contributed by atoms with Gasteiger partial charge in [-0.25, -0.2) is 4.98 Å². The van der Waals surface area contributed by atoms with E-state index in [1.807, 2.05) is 30.5 Å². The summed E-state index contributed by atoms with van der Waals surface area (Å²) in [5.74, 6) is 0. The van der Waals surface area contributed by atoms with Crippen LogP contribution in [0.5, 0.6) is 0 Å². The normalized spacial score (nSPS) is 16.1. The van der Waals surface area contributed by atoms with Crippen molar-refractivity contribution in [2.45, 2.75) is 31.7 Å². The SMILES string of the molecule is CNC(c1ccc(Cl)cc1)c1nc2c(s1)CCCC2. The predicted molar refractivity (Wildman–Crippen MR) is 81.1 cm³/mol. The highest BCUT2D eigenvalue weighted by atomic mass is 35.5. The summed E-state index contributed by atoms with van der Waals surface area (Å²) in [6.45, 7) is 0. The molecule has 0 saturated heterocycles. The van der Waals surface area contributed by atoms with Crippen LogP contribution >= 0.6 is 22.9 Å². The second-order valence-corrected chi connectivity index (χ2v) is 6.45. The molecule has 0 radical (unpaired) electrons. The van der Waals surface area contributed by atoms with Crippen LogP contribution in [0.4, 0.5) is 0 Å². The van der Waals surface area contributed by atoms with E-state index in [1.165, 1.54) is 40.4 Å². The van der Waals surface area contributed by atoms with Crippen molar-refractivity contribution >= 4 is 22.9 Å². The monoisotopic (exact) mass is 292 g/mol. The lowest BCUT2D eigenvalue weighted by molar-refractivity contribution is 0.661. The fraction of sp³-hybridized carbons (Fsp3) is 0.400. The third kappa shape index (κ3) is 2.69. The average Bonchev–Trinajstić information content (AvgIpc) is 2.85. The molecule has 1 unspecified atom stereocenters. The maximum Gasteiger partial charge on any atom is 0.115 e. The Balaban J connectivity index is 1.93. The van der Waals surface area contributed by atoms with E-state index >= 15 is 0 Å². The zero-order valence-electron chi connectivity index (χ0n) is 10.9. The Morgan fingerprint density at radius 3 is 2.63 bits per heavy atom. The van der Waals surface area contributed by atoms with Crippen molar-refractivity contribution in [1.82, 2.24) is 10.3 Å². The van der Waals surface area contributed by atoms with Crippen LogP contribution in [0.3, 0.4) is 0 Å². The largest absolute Gasteiger partial charge is 0.307 e. The molecule has 1 atom stereocenters. The minimum atomic E-state index is 0.174. The van der Waals surface area contributed by atoms with Gasteiger partial charge in [-0.3, -0.25) is 0 Å². The van der Waals surface area contributed by atoms with Gasteiger partial charge >= 0.3 is 0 Å². The Labute approximate surface area is 122 Å². The maximum atomic E-state index is 5.95. The minimum absolute atomic E-state index is 0.174. The molecule has 4 heteroatoms. The third-order valence-electron chi connectivity index (χ3n) is 3.60. The van der Waals surface area contributed by atoms with Crippen LogP contribution in [-0.4, -0.2) is 12.0 Å². The predicted octanol–water partition coefficient (Wildman–Crippen LogP) is 3.98. The molecule has 1 aromatic carbocycles. The van der Waals surface area contributed by atoms with Crippen molar-refractivity contribution in [2.75, 3.05) is 7.05 Å². The van der Waals surface area contributed by atoms with Crippen molar-refractivity contribution in [2.24, 2.45) is 0 Å². The maximum absolute atomic E-state index is 5.95. The summed E-state index contributed by atoms with van der Waals surface area (Å²) in [5.41, 5.74) is 2.54. The molecule has 0 bridgehead atoms. The number of rotatable bonds is 3. The van der Waals surface area contributed by atoms with E-state index in [1.54, 1.807) is 0 Å². The average molecular weight is 293 g/mol. The number of aromatic nitrogens is 1. The molecule has 2 aromatic rings. The summed E-state index contributed by atoms with van der Waals surface area (Å²) in [7, 11) is 1.99. The zero-order valence-corrected chi connectivity index (χ0v) is 12.5. The molecule has 0 saturated carbocycles. The highest BCUT2D eigenvalue weighted by molar-refractivity contribution is 7.11. The number of nitrogens with zero attached hydrogens (tertiary/aromatic N) is 1. The minimum Gasteiger partial charge on any atom is -0.307 e. The van der Waals surface area contributed by atoms with Crippen LogP contribution in [0.15, 0.2) is 24.3 Å². The zero-order chi connectivity index (χ0) is 13.2. The first-order valence-corrected chi connectivity index (χ1v) is 7.88. The van der Waals surface area contributed by atoms with Crippen LogP contribution in [0.1, 0.15) is 40.0 Å². The first-order chi connectivity index (χ1) is 9.28. The van der Waals surface area contributed by atoms with Crippen LogP contribution < -0.4 is 5.32 Å². The molecule has 3 rings (SSSR count). The molecule has 1 heterocycles. The number of aryl methyl sites for hydroxylation is 2. The highest BCUT2D eigenvalue weighted by Crippen LogP contribution is 2.32. The topological polar surface area (TPSA) is 24.9 Å². The second-order valence-electron chi connectivity index (χ2n) is 4.90. The van der Waals surface area contributed by atoms with E-state index in [9.17, 15) is 0 Å². The van der Waals surface area contributed by atoms with Crippen LogP contribution in [0.25, 0.3) is 0 Å². The van der Waals surface area contributed by atoms with Crippen LogP contribution in [0, 0.1) is 0 Å². The summed E-state index contributed by atoms with van der Waals surface area (Å²) in [4.78, 5) is 6.33. The Kier molecular flexibility index (Phi) is 3.87. The van der Waals surface area contributed by atoms with E-state index in [4.69, 9.17) is 16.6 Å². The summed E-state index contributed by atoms with van der Waals surface area (Å²) in [6, 6.07) is 8.20. The highest BCUT2D eigenvalue weighted by Gasteiger charge is 2.21. The van der Waals surface area contributed by atoms with Gasteiger partial charge in [0.05, 0.1) is 11.7 Å². The molecule has 0 spiro atoms. The summed E-state index contributed by atoms with van der Waals surface area (Å²) >= 11 is 7.82. The van der Waals surface area contributed by atoms with E-state index in [-0.39, 0.29) is 6.04 Å². The third-order valence-corrected chi connectivity index (χ3v) is 5.08. The van der Waals surface area contributed by atoms with Gasteiger partial charge in [-0.05, 0) is 50.4 Å². The number of halogens is 1. The van der Waals surface area contributed by atoms with Gasteiger partial charge in [0, 0.05) is 9.90 Å². The number of nitrogens with one attached hydrogen (secondary N) is 1. The first kappa shape index (κ1) is 13.1. The number of thiazole rings is 1. The number of hydrogen-bond donors (Lipinski definition) is 1. The Morgan fingerprint density at radius 1 is 1.21 bits per heavy atom. The second kappa shape index (κ2) is 5.61. The lowest BCUT2D eigenvalue weighted by atomic mass is 10.0. The Hall–Kier alpha value is -0.900. The van der Waals surface area contributed by atoms with Crippen molar-refractivity contribution in [1.29, 1.82) is 0 Å². The molecule has 0 amide bonds. The molecule has 19 heavy (non-hydrogen) atoms. The van der Waals surface area contributed by atoms with Gasteiger partial charge in [-0.2, -0.15) is 0 Å². The first-order valence-electron chi connectivity index (χ1n) is 6.69. The molecule has 1 aromatic heterocycles. The molecule has 2 nitrogen and oxygen atoms in total. The van der Waals surface area contributed by atoms with Gasteiger partial charge in [-0.1, -0.05) is 23.7 Å². The van der Waals surface area contributed by atoms with Gasteiger partial charge in [0.2, 0.25) is 0 Å². The number of hydrogen-bond acceptors (Lipinski definition) is 3. The van der Waals surface area contributed by atoms with Gasteiger partial charge in [0.1, 0.15) is 5.01 Å². The van der Waals surface area contributed by atoms with Gasteiger partial charge in [0.25, 0.3) is 0 Å². The van der Waals surface area contributed by atoms with E-state index in [0.717, 1.165) is 11.4 Å². The summed E-state index contributed by atoms with van der Waals surface area (Å²) < 4.78 is 0. The van der Waals surface area contributed by atoms with Crippen molar-refractivity contribution in [3.63, 3.8) is 0 Å². The smallest absolute Gasteiger partial charge is 0.115 e. The molecule has 1 N–H and O–H groups in total. The fourth-order valence-corrected chi connectivity index (χ4v) is 4.00. The molecule has 100 valence electrons. The molecule has 0 aliphatic heterocycles. The molecule has 1 aliphatic rings. The summed E-state index contributed by atoms with van der Waals surface area (Å²) in [6.07, 6.45) is 4.92. The quantitative estimate of drug-likeness (QED) is 0.925. The standard InChI is InChI=1S/C15H17ClN2S/c1-17-14(10-6-8-11(16)9-7-10)15-18-12-4-2-3-5-13(12)19-15/h6-9,14,17H,2-5H2,1H3. The molecular weight excluding hydrogens is 276 g/mol. The van der Waals surface area contributed by atoms with Gasteiger partial charge < -0.3 is 5.32 Å². The lowest BCUT2D eigenvalue weighted by Crippen LogP contribution is -2.17. The number of benzene rings is 1. The van der Waals surface area contributed by atoms with Gasteiger partial charge in [0.15, 0.2) is 0 Å². The van der Waals surface area contributed by atoms with Crippen molar-refractivity contribution < 1.29 is 0 Å². The summed E-state index contributed by atoms with van der Waals surface area (Å²) in [5, 5.41) is 5.32. The van der Waals surface area contributed by atoms with Crippen molar-refractivity contribution in [3.8, 4) is 0 Å². The van der Waals surface area contributed by atoms with E-state index < -0.39 is 0 Å². The number of fused-ring (bicyclic) bond motifs is 1. The van der Waals surface area contributed by atoms with Crippen LogP contribution in [0.2, 0.25) is 5.02 Å². The molecule has 1 aliphatic carbocycles. The van der Waals surface area contributed by atoms with E-state index in [2.05, 4.69) is 17.4 Å². The van der Waals surface area contributed by atoms with Gasteiger partial charge in [-0.15, -0.1) is 11.3 Å². The van der Waals surface area contributed by atoms with Crippen LogP contribution in [-0.2, 0) is 12.8 Å². The Morgan fingerprint density at radius 2 is 1.95 bits per heavy atom. The molecular formula is C15H17ClN2S. The van der Waals surface area contributed by atoms with E-state index in [0.29, 0.717) is 0 Å². The fourth-order valence-electron chi connectivity index (χ4n) is 2.58. The lowest BCUT2D eigenvalue weighted by Gasteiger charge is -2.13. The van der Waals surface area contributed by atoms with Crippen molar-refractivity contribution in [3.05, 3.63) is 50.4 Å². The Bertz CT molecular complexity index is 539.